The van der Waals surface area contributed by atoms with E-state index >= 15 is 0 Å². The topological polar surface area (TPSA) is 56.7 Å². The van der Waals surface area contributed by atoms with Gasteiger partial charge in [0, 0.05) is 18.7 Å². The van der Waals surface area contributed by atoms with Crippen molar-refractivity contribution >= 4 is 29.9 Å². The van der Waals surface area contributed by atoms with Crippen LogP contribution in [0.5, 0.6) is 0 Å². The third-order valence-corrected chi connectivity index (χ3v) is 3.49. The van der Waals surface area contributed by atoms with E-state index in [2.05, 4.69) is 15.6 Å². The van der Waals surface area contributed by atoms with Gasteiger partial charge in [0.25, 0.3) is 0 Å². The maximum Gasteiger partial charge on any atom is 0.191 e. The quantitative estimate of drug-likeness (QED) is 0.352. The van der Waals surface area contributed by atoms with Gasteiger partial charge in [-0.1, -0.05) is 24.3 Å². The number of hydrogen-bond donors (Lipinski definition) is 3. The van der Waals surface area contributed by atoms with Gasteiger partial charge in [0.15, 0.2) is 5.96 Å². The van der Waals surface area contributed by atoms with E-state index in [1.165, 1.54) is 0 Å². The summed E-state index contributed by atoms with van der Waals surface area (Å²) in [5, 5.41) is 15.5. The first-order valence-electron chi connectivity index (χ1n) is 7.77. The molecule has 0 amide bonds. The lowest BCUT2D eigenvalue weighted by Gasteiger charge is -2.13. The first kappa shape index (κ1) is 21.3. The predicted molar refractivity (Wildman–Crippen MR) is 106 cm³/mol. The summed E-state index contributed by atoms with van der Waals surface area (Å²) < 4.78 is 26.9. The van der Waals surface area contributed by atoms with Crippen molar-refractivity contribution in [2.24, 2.45) is 4.99 Å². The monoisotopic (exact) mass is 461 g/mol. The molecule has 4 nitrogen and oxygen atoms in total. The van der Waals surface area contributed by atoms with Gasteiger partial charge in [-0.2, -0.15) is 0 Å². The predicted octanol–water partition coefficient (Wildman–Crippen LogP) is 3.33. The molecule has 2 aromatic carbocycles. The van der Waals surface area contributed by atoms with Crippen LogP contribution in [0.4, 0.5) is 8.78 Å². The molecule has 0 radical (unpaired) electrons. The lowest BCUT2D eigenvalue weighted by Crippen LogP contribution is -2.37. The molecule has 0 aliphatic rings. The minimum absolute atomic E-state index is 0. The molecule has 0 aromatic heterocycles. The second-order valence-electron chi connectivity index (χ2n) is 5.21. The second-order valence-corrected chi connectivity index (χ2v) is 5.21. The molecule has 0 saturated carbocycles. The van der Waals surface area contributed by atoms with E-state index in [1.54, 1.807) is 0 Å². The Morgan fingerprint density at radius 2 is 1.76 bits per heavy atom. The molecule has 0 saturated heterocycles. The average Bonchev–Trinajstić information content (AvgIpc) is 2.60. The maximum atomic E-state index is 13.7. The van der Waals surface area contributed by atoms with E-state index in [0.717, 1.165) is 29.3 Å². The molecule has 0 fully saturated rings. The third-order valence-electron chi connectivity index (χ3n) is 3.49. The number of hydrogen-bond acceptors (Lipinski definition) is 2. The molecule has 7 heteroatoms. The van der Waals surface area contributed by atoms with E-state index < -0.39 is 11.6 Å². The van der Waals surface area contributed by atoms with Crippen LogP contribution in [0.25, 0.3) is 0 Å². The molecule has 136 valence electrons. The summed E-state index contributed by atoms with van der Waals surface area (Å²) in [7, 11) is 0. The van der Waals surface area contributed by atoms with Gasteiger partial charge in [-0.05, 0) is 36.2 Å². The van der Waals surface area contributed by atoms with Crippen molar-refractivity contribution in [3.8, 4) is 0 Å². The smallest absolute Gasteiger partial charge is 0.191 e. The summed E-state index contributed by atoms with van der Waals surface area (Å²) in [4.78, 5) is 4.28. The van der Waals surface area contributed by atoms with E-state index in [0.29, 0.717) is 19.0 Å². The summed E-state index contributed by atoms with van der Waals surface area (Å²) in [6, 6.07) is 10.8. The fourth-order valence-corrected chi connectivity index (χ4v) is 2.23. The van der Waals surface area contributed by atoms with E-state index in [9.17, 15) is 13.9 Å². The SMILES string of the molecule is CCNC(=NCc1cc(F)ccc1F)NCc1ccccc1CO.I. The van der Waals surface area contributed by atoms with Crippen LogP contribution in [-0.2, 0) is 19.7 Å². The van der Waals surface area contributed by atoms with Crippen molar-refractivity contribution < 1.29 is 13.9 Å². The number of aliphatic imine (C=N–C) groups is 1. The Balaban J connectivity index is 0.00000312. The highest BCUT2D eigenvalue weighted by Crippen LogP contribution is 2.11. The van der Waals surface area contributed by atoms with Gasteiger partial charge >= 0.3 is 0 Å². The number of benzene rings is 2. The van der Waals surface area contributed by atoms with Crippen LogP contribution in [0, 0.1) is 11.6 Å². The van der Waals surface area contributed by atoms with Crippen molar-refractivity contribution in [2.75, 3.05) is 6.54 Å². The molecular formula is C18H22F2IN3O. The van der Waals surface area contributed by atoms with E-state index in [1.807, 2.05) is 31.2 Å². The molecule has 3 N–H and O–H groups in total. The van der Waals surface area contributed by atoms with Crippen molar-refractivity contribution in [3.05, 3.63) is 70.8 Å². The molecular weight excluding hydrogens is 439 g/mol. The molecule has 2 aromatic rings. The Morgan fingerprint density at radius 1 is 1.04 bits per heavy atom. The van der Waals surface area contributed by atoms with Crippen LogP contribution in [0.2, 0.25) is 0 Å². The van der Waals surface area contributed by atoms with Crippen molar-refractivity contribution in [2.45, 2.75) is 26.6 Å². The highest BCUT2D eigenvalue weighted by atomic mass is 127. The fourth-order valence-electron chi connectivity index (χ4n) is 2.23. The molecule has 2 rings (SSSR count). The van der Waals surface area contributed by atoms with Crippen molar-refractivity contribution in [1.82, 2.24) is 10.6 Å². The largest absolute Gasteiger partial charge is 0.392 e. The number of aliphatic hydroxyl groups excluding tert-OH is 1. The van der Waals surface area contributed by atoms with Crippen molar-refractivity contribution in [3.63, 3.8) is 0 Å². The first-order chi connectivity index (χ1) is 11.6. The number of rotatable bonds is 6. The van der Waals surface area contributed by atoms with E-state index in [4.69, 9.17) is 0 Å². The zero-order valence-corrected chi connectivity index (χ0v) is 16.3. The normalized spacial score (nSPS) is 11.0. The highest BCUT2D eigenvalue weighted by Gasteiger charge is 2.05. The lowest BCUT2D eigenvalue weighted by atomic mass is 10.1. The molecule has 0 spiro atoms. The summed E-state index contributed by atoms with van der Waals surface area (Å²) in [6.07, 6.45) is 0. The Labute approximate surface area is 163 Å². The second kappa shape index (κ2) is 11.0. The van der Waals surface area contributed by atoms with Crippen LogP contribution in [0.1, 0.15) is 23.6 Å². The number of aliphatic hydroxyl groups is 1. The van der Waals surface area contributed by atoms with Crippen LogP contribution in [-0.4, -0.2) is 17.6 Å². The van der Waals surface area contributed by atoms with E-state index in [-0.39, 0.29) is 42.7 Å². The molecule has 25 heavy (non-hydrogen) atoms. The Kier molecular flexibility index (Phi) is 9.36. The number of nitrogens with zero attached hydrogens (tertiary/aromatic N) is 1. The summed E-state index contributed by atoms with van der Waals surface area (Å²) in [5.74, 6) is -0.480. The number of guanidine groups is 1. The molecule has 0 atom stereocenters. The van der Waals surface area contributed by atoms with Crippen LogP contribution >= 0.6 is 24.0 Å². The molecule has 0 aliphatic carbocycles. The lowest BCUT2D eigenvalue weighted by molar-refractivity contribution is 0.280. The van der Waals surface area contributed by atoms with Gasteiger partial charge in [-0.3, -0.25) is 0 Å². The van der Waals surface area contributed by atoms with Gasteiger partial charge in [0.2, 0.25) is 0 Å². The van der Waals surface area contributed by atoms with Gasteiger partial charge < -0.3 is 15.7 Å². The molecule has 0 heterocycles. The molecule has 0 bridgehead atoms. The minimum Gasteiger partial charge on any atom is -0.392 e. The maximum absolute atomic E-state index is 13.7. The third kappa shape index (κ3) is 6.58. The Hall–Kier alpha value is -1.74. The zero-order valence-electron chi connectivity index (χ0n) is 13.9. The summed E-state index contributed by atoms with van der Waals surface area (Å²) >= 11 is 0. The van der Waals surface area contributed by atoms with Gasteiger partial charge in [-0.25, -0.2) is 13.8 Å². The Bertz CT molecular complexity index is 710. The number of nitrogens with one attached hydrogen (secondary N) is 2. The molecule has 0 unspecified atom stereocenters. The minimum atomic E-state index is -0.489. The van der Waals surface area contributed by atoms with Crippen LogP contribution in [0.3, 0.4) is 0 Å². The van der Waals surface area contributed by atoms with Gasteiger partial charge in [-0.15, -0.1) is 24.0 Å². The first-order valence-corrected chi connectivity index (χ1v) is 7.77. The highest BCUT2D eigenvalue weighted by molar-refractivity contribution is 14.0. The summed E-state index contributed by atoms with van der Waals surface area (Å²) in [6.45, 7) is 3.01. The Morgan fingerprint density at radius 3 is 2.44 bits per heavy atom. The standard InChI is InChI=1S/C18H21F2N3O.HI/c1-2-21-18(22-10-13-5-3-4-6-14(13)12-24)23-11-15-9-16(19)7-8-17(15)20;/h3-9,24H,2,10-12H2,1H3,(H2,21,22,23);1H. The zero-order chi connectivity index (χ0) is 17.4. The van der Waals surface area contributed by atoms with Gasteiger partial charge in [0.05, 0.1) is 13.2 Å². The fraction of sp³-hybridized carbons (Fsp3) is 0.278. The summed E-state index contributed by atoms with van der Waals surface area (Å²) in [5.41, 5.74) is 1.97. The van der Waals surface area contributed by atoms with Gasteiger partial charge in [0.1, 0.15) is 11.6 Å². The van der Waals surface area contributed by atoms with Crippen molar-refractivity contribution in [1.29, 1.82) is 0 Å². The number of halogens is 3. The average molecular weight is 461 g/mol. The van der Waals surface area contributed by atoms with Crippen LogP contribution < -0.4 is 10.6 Å². The van der Waals surface area contributed by atoms with Crippen LogP contribution in [0.15, 0.2) is 47.5 Å². The molecule has 0 aliphatic heterocycles.